The number of hydrogen-bond acceptors (Lipinski definition) is 8. The Morgan fingerprint density at radius 3 is 2.88 bits per heavy atom. The van der Waals surface area contributed by atoms with Gasteiger partial charge in [0.1, 0.15) is 11.5 Å². The highest BCUT2D eigenvalue weighted by molar-refractivity contribution is 7.09. The molecule has 1 amide bonds. The first kappa shape index (κ1) is 16.8. The van der Waals surface area contributed by atoms with Crippen LogP contribution in [0.15, 0.2) is 6.20 Å². The zero-order valence-electron chi connectivity index (χ0n) is 13.7. The van der Waals surface area contributed by atoms with Crippen molar-refractivity contribution in [3.05, 3.63) is 17.7 Å². The van der Waals surface area contributed by atoms with Gasteiger partial charge in [0.2, 0.25) is 5.13 Å². The van der Waals surface area contributed by atoms with Crippen molar-refractivity contribution in [2.75, 3.05) is 24.6 Å². The fourth-order valence-electron chi connectivity index (χ4n) is 2.92. The first-order valence-corrected chi connectivity index (χ1v) is 8.67. The molecule has 3 rings (SSSR count). The predicted octanol–water partition coefficient (Wildman–Crippen LogP) is -0.0177. The summed E-state index contributed by atoms with van der Waals surface area (Å²) in [4.78, 5) is 19.0. The van der Waals surface area contributed by atoms with Gasteiger partial charge in [-0.2, -0.15) is 4.37 Å². The summed E-state index contributed by atoms with van der Waals surface area (Å²) in [7, 11) is 1.68. The number of nitrogens with one attached hydrogen (secondary N) is 1. The summed E-state index contributed by atoms with van der Waals surface area (Å²) < 4.78 is 5.67. The van der Waals surface area contributed by atoms with E-state index in [0.29, 0.717) is 5.69 Å². The van der Waals surface area contributed by atoms with E-state index < -0.39 is 0 Å². The summed E-state index contributed by atoms with van der Waals surface area (Å²) in [6, 6.07) is -0.101. The molecule has 10 heteroatoms. The fourth-order valence-corrected chi connectivity index (χ4v) is 3.64. The van der Waals surface area contributed by atoms with Crippen molar-refractivity contribution < 1.29 is 9.90 Å². The van der Waals surface area contributed by atoms with Crippen molar-refractivity contribution in [1.82, 2.24) is 29.7 Å². The highest BCUT2D eigenvalue weighted by Gasteiger charge is 2.29. The van der Waals surface area contributed by atoms with E-state index in [-0.39, 0.29) is 24.5 Å². The van der Waals surface area contributed by atoms with Crippen LogP contribution in [0.2, 0.25) is 0 Å². The second-order valence-electron chi connectivity index (χ2n) is 5.95. The van der Waals surface area contributed by atoms with Gasteiger partial charge in [-0.1, -0.05) is 5.21 Å². The lowest BCUT2D eigenvalue weighted by atomic mass is 9.95. The SMILES string of the molecule is Cc1nsc(N2CCC(CO)C(NC(=O)c3cnnn3C)CC2)n1. The topological polar surface area (TPSA) is 109 Å². The first-order valence-electron chi connectivity index (χ1n) is 7.90. The molecule has 0 radical (unpaired) electrons. The van der Waals surface area contributed by atoms with Crippen molar-refractivity contribution in [3.8, 4) is 0 Å². The molecule has 9 nitrogen and oxygen atoms in total. The van der Waals surface area contributed by atoms with E-state index >= 15 is 0 Å². The van der Waals surface area contributed by atoms with Gasteiger partial charge in [0, 0.05) is 50.2 Å². The van der Waals surface area contributed by atoms with Gasteiger partial charge in [-0.25, -0.2) is 9.67 Å². The van der Waals surface area contributed by atoms with Gasteiger partial charge in [0.15, 0.2) is 0 Å². The Bertz CT molecular complexity index is 701. The van der Waals surface area contributed by atoms with Crippen LogP contribution in [0.3, 0.4) is 0 Å². The summed E-state index contributed by atoms with van der Waals surface area (Å²) in [5, 5.41) is 21.1. The molecular weight excluding hydrogens is 330 g/mol. The Kier molecular flexibility index (Phi) is 5.05. The predicted molar refractivity (Wildman–Crippen MR) is 88.9 cm³/mol. The van der Waals surface area contributed by atoms with Crippen molar-refractivity contribution in [1.29, 1.82) is 0 Å². The number of nitrogens with zero attached hydrogens (tertiary/aromatic N) is 6. The molecule has 3 heterocycles. The number of aliphatic hydroxyl groups excluding tert-OH is 1. The second-order valence-corrected chi connectivity index (χ2v) is 6.68. The summed E-state index contributed by atoms with van der Waals surface area (Å²) >= 11 is 1.38. The van der Waals surface area contributed by atoms with E-state index in [2.05, 4.69) is 29.9 Å². The zero-order valence-corrected chi connectivity index (χ0v) is 14.5. The van der Waals surface area contributed by atoms with E-state index in [4.69, 9.17) is 0 Å². The van der Waals surface area contributed by atoms with Crippen LogP contribution in [0.5, 0.6) is 0 Å². The minimum absolute atomic E-state index is 0.00848. The third-order valence-electron chi connectivity index (χ3n) is 4.33. The van der Waals surface area contributed by atoms with Gasteiger partial charge in [-0.15, -0.1) is 5.10 Å². The molecule has 24 heavy (non-hydrogen) atoms. The summed E-state index contributed by atoms with van der Waals surface area (Å²) in [5.74, 6) is 0.562. The first-order chi connectivity index (χ1) is 11.6. The summed E-state index contributed by atoms with van der Waals surface area (Å²) in [5.41, 5.74) is 0.410. The maximum Gasteiger partial charge on any atom is 0.271 e. The van der Waals surface area contributed by atoms with Crippen LogP contribution in [-0.2, 0) is 7.05 Å². The highest BCUT2D eigenvalue weighted by atomic mass is 32.1. The molecule has 1 aliphatic heterocycles. The molecule has 0 aliphatic carbocycles. The molecule has 2 atom stereocenters. The van der Waals surface area contributed by atoms with Crippen LogP contribution in [0.1, 0.15) is 29.2 Å². The van der Waals surface area contributed by atoms with Crippen LogP contribution in [0.25, 0.3) is 0 Å². The molecule has 2 N–H and O–H groups in total. The van der Waals surface area contributed by atoms with Crippen molar-refractivity contribution in [2.24, 2.45) is 13.0 Å². The molecule has 1 aliphatic rings. The Balaban J connectivity index is 1.68. The quantitative estimate of drug-likeness (QED) is 0.797. The minimum Gasteiger partial charge on any atom is -0.396 e. The highest BCUT2D eigenvalue weighted by Crippen LogP contribution is 2.24. The smallest absolute Gasteiger partial charge is 0.271 e. The lowest BCUT2D eigenvalue weighted by molar-refractivity contribution is 0.0892. The second kappa shape index (κ2) is 7.22. The van der Waals surface area contributed by atoms with Crippen LogP contribution < -0.4 is 10.2 Å². The largest absolute Gasteiger partial charge is 0.396 e. The van der Waals surface area contributed by atoms with E-state index in [1.54, 1.807) is 7.05 Å². The molecule has 2 aromatic rings. The standard InChI is InChI=1S/C14H21N7O2S/c1-9-16-14(24-18-9)21-5-3-10(8-22)11(4-6-21)17-13(23)12-7-15-19-20(12)2/h7,10-11,22H,3-6,8H2,1-2H3,(H,17,23). The van der Waals surface area contributed by atoms with Crippen molar-refractivity contribution in [3.63, 3.8) is 0 Å². The van der Waals surface area contributed by atoms with Crippen LogP contribution in [0.4, 0.5) is 5.13 Å². The van der Waals surface area contributed by atoms with E-state index in [1.807, 2.05) is 6.92 Å². The van der Waals surface area contributed by atoms with Crippen LogP contribution >= 0.6 is 11.5 Å². The number of carbonyl (C=O) groups is 1. The van der Waals surface area contributed by atoms with Crippen molar-refractivity contribution in [2.45, 2.75) is 25.8 Å². The molecule has 2 aromatic heterocycles. The number of amides is 1. The Hall–Kier alpha value is -2.07. The van der Waals surface area contributed by atoms with E-state index in [0.717, 1.165) is 36.9 Å². The summed E-state index contributed by atoms with van der Waals surface area (Å²) in [6.45, 7) is 3.47. The number of aryl methyl sites for hydroxylation is 2. The molecule has 0 spiro atoms. The Morgan fingerprint density at radius 2 is 2.25 bits per heavy atom. The maximum atomic E-state index is 12.4. The lowest BCUT2D eigenvalue weighted by Crippen LogP contribution is -2.42. The fraction of sp³-hybridized carbons (Fsp3) is 0.643. The normalized spacial score (nSPS) is 21.5. The average molecular weight is 351 g/mol. The zero-order chi connectivity index (χ0) is 17.1. The number of anilines is 1. The Labute approximate surface area is 143 Å². The number of aliphatic hydroxyl groups is 1. The number of aromatic nitrogens is 5. The maximum absolute atomic E-state index is 12.4. The van der Waals surface area contributed by atoms with E-state index in [9.17, 15) is 9.90 Å². The van der Waals surface area contributed by atoms with Crippen LogP contribution in [-0.4, -0.2) is 61.1 Å². The summed E-state index contributed by atoms with van der Waals surface area (Å²) in [6.07, 6.45) is 2.96. The van der Waals surface area contributed by atoms with Gasteiger partial charge < -0.3 is 15.3 Å². The van der Waals surface area contributed by atoms with E-state index in [1.165, 1.54) is 22.4 Å². The molecule has 0 bridgehead atoms. The third kappa shape index (κ3) is 3.54. The third-order valence-corrected chi connectivity index (χ3v) is 5.20. The van der Waals surface area contributed by atoms with Crippen molar-refractivity contribution >= 4 is 22.6 Å². The monoisotopic (exact) mass is 351 g/mol. The van der Waals surface area contributed by atoms with Gasteiger partial charge in [-0.05, 0) is 19.8 Å². The average Bonchev–Trinajstić information content (AvgIpc) is 3.13. The number of hydrogen-bond donors (Lipinski definition) is 2. The minimum atomic E-state index is -0.217. The van der Waals surface area contributed by atoms with Crippen LogP contribution in [0, 0.1) is 12.8 Å². The molecule has 0 aromatic carbocycles. The van der Waals surface area contributed by atoms with Gasteiger partial charge in [0.05, 0.1) is 6.20 Å². The van der Waals surface area contributed by atoms with Gasteiger partial charge in [0.25, 0.3) is 5.91 Å². The lowest BCUT2D eigenvalue weighted by Gasteiger charge is -2.23. The van der Waals surface area contributed by atoms with Gasteiger partial charge in [-0.3, -0.25) is 4.79 Å². The molecule has 0 saturated carbocycles. The molecule has 1 saturated heterocycles. The molecular formula is C14H21N7O2S. The Morgan fingerprint density at radius 1 is 1.46 bits per heavy atom. The molecule has 130 valence electrons. The molecule has 1 fully saturated rings. The number of rotatable bonds is 4. The molecule has 2 unspecified atom stereocenters. The van der Waals surface area contributed by atoms with Gasteiger partial charge >= 0.3 is 0 Å². The number of carbonyl (C=O) groups excluding carboxylic acids is 1.